The van der Waals surface area contributed by atoms with Gasteiger partial charge in [-0.25, -0.2) is 4.68 Å². The molecule has 0 radical (unpaired) electrons. The van der Waals surface area contributed by atoms with E-state index >= 15 is 0 Å². The van der Waals surface area contributed by atoms with Crippen molar-refractivity contribution in [2.45, 2.75) is 26.8 Å². The van der Waals surface area contributed by atoms with Gasteiger partial charge in [-0.3, -0.25) is 14.9 Å². The van der Waals surface area contributed by atoms with E-state index in [0.717, 1.165) is 5.69 Å². The Morgan fingerprint density at radius 3 is 2.78 bits per heavy atom. The summed E-state index contributed by atoms with van der Waals surface area (Å²) in [6.45, 7) is 5.80. The monoisotopic (exact) mass is 314 g/mol. The molecule has 0 unspecified atom stereocenters. The van der Waals surface area contributed by atoms with Gasteiger partial charge in [0.25, 0.3) is 5.69 Å². The molecule has 1 aromatic heterocycles. The van der Waals surface area contributed by atoms with Crippen LogP contribution >= 0.6 is 0 Å². The molecule has 1 N–H and O–H groups in total. The van der Waals surface area contributed by atoms with Crippen LogP contribution in [0.4, 0.5) is 11.5 Å². The van der Waals surface area contributed by atoms with Gasteiger partial charge in [-0.2, -0.15) is 5.10 Å². The fourth-order valence-electron chi connectivity index (χ4n) is 2.09. The fraction of sp³-hybridized carbons (Fsp3) is 0.250. The molecule has 0 bridgehead atoms. The van der Waals surface area contributed by atoms with Gasteiger partial charge in [0.05, 0.1) is 10.6 Å². The number of anilines is 1. The Bertz CT molecular complexity index is 762. The van der Waals surface area contributed by atoms with Gasteiger partial charge in [-0.1, -0.05) is 12.1 Å². The van der Waals surface area contributed by atoms with Crippen molar-refractivity contribution in [1.29, 1.82) is 0 Å². The van der Waals surface area contributed by atoms with E-state index in [1.54, 1.807) is 22.9 Å². The number of carbonyl (C=O) groups is 1. The smallest absolute Gasteiger partial charge is 0.270 e. The third-order valence-electron chi connectivity index (χ3n) is 3.11. The van der Waals surface area contributed by atoms with Crippen molar-refractivity contribution < 1.29 is 9.72 Å². The van der Waals surface area contributed by atoms with E-state index in [1.165, 1.54) is 24.3 Å². The second-order valence-electron chi connectivity index (χ2n) is 5.38. The number of rotatable bonds is 5. The largest absolute Gasteiger partial charge is 0.307 e. The van der Waals surface area contributed by atoms with Crippen molar-refractivity contribution in [3.05, 3.63) is 57.8 Å². The molecule has 0 aliphatic rings. The topological polar surface area (TPSA) is 90.1 Å². The lowest BCUT2D eigenvalue weighted by Gasteiger charge is -2.10. The summed E-state index contributed by atoms with van der Waals surface area (Å²) in [5.74, 6) is 0.296. The quantitative estimate of drug-likeness (QED) is 0.520. The Hall–Kier alpha value is -2.96. The van der Waals surface area contributed by atoms with Crippen molar-refractivity contribution in [3.8, 4) is 0 Å². The highest BCUT2D eigenvalue weighted by Gasteiger charge is 2.10. The normalized spacial score (nSPS) is 11.1. The average Bonchev–Trinajstić information content (AvgIpc) is 2.86. The molecule has 0 fully saturated rings. The summed E-state index contributed by atoms with van der Waals surface area (Å²) in [4.78, 5) is 22.3. The van der Waals surface area contributed by atoms with Crippen LogP contribution in [0, 0.1) is 17.0 Å². The van der Waals surface area contributed by atoms with Gasteiger partial charge >= 0.3 is 0 Å². The highest BCUT2D eigenvalue weighted by molar-refractivity contribution is 6.01. The minimum absolute atomic E-state index is 0.0129. The maximum absolute atomic E-state index is 12.0. The van der Waals surface area contributed by atoms with E-state index in [4.69, 9.17) is 0 Å². The SMILES string of the molecule is Cc1cc(NC(=O)/C=C/c2cccc([N+](=O)[O-])c2)n(C(C)C)n1. The van der Waals surface area contributed by atoms with Crippen LogP contribution in [0.5, 0.6) is 0 Å². The second kappa shape index (κ2) is 6.87. The minimum Gasteiger partial charge on any atom is -0.307 e. The molecule has 0 saturated heterocycles. The van der Waals surface area contributed by atoms with Crippen LogP contribution in [0.25, 0.3) is 6.08 Å². The number of non-ortho nitro benzene ring substituents is 1. The zero-order chi connectivity index (χ0) is 17.0. The lowest BCUT2D eigenvalue weighted by atomic mass is 10.2. The molecule has 1 heterocycles. The molecular formula is C16H18N4O3. The predicted octanol–water partition coefficient (Wildman–Crippen LogP) is 3.33. The van der Waals surface area contributed by atoms with Gasteiger partial charge < -0.3 is 5.32 Å². The number of hydrogen-bond acceptors (Lipinski definition) is 4. The van der Waals surface area contributed by atoms with Crippen LogP contribution in [0.15, 0.2) is 36.4 Å². The van der Waals surface area contributed by atoms with Crippen molar-refractivity contribution >= 4 is 23.5 Å². The molecule has 0 atom stereocenters. The zero-order valence-electron chi connectivity index (χ0n) is 13.2. The number of nitrogens with one attached hydrogen (secondary N) is 1. The molecule has 1 aromatic carbocycles. The first-order valence-corrected chi connectivity index (χ1v) is 7.16. The summed E-state index contributed by atoms with van der Waals surface area (Å²) in [7, 11) is 0. The zero-order valence-corrected chi connectivity index (χ0v) is 13.2. The van der Waals surface area contributed by atoms with E-state index in [-0.39, 0.29) is 17.6 Å². The molecule has 0 spiro atoms. The van der Waals surface area contributed by atoms with Crippen LogP contribution in [0.2, 0.25) is 0 Å². The van der Waals surface area contributed by atoms with Crippen LogP contribution in [-0.4, -0.2) is 20.6 Å². The molecule has 23 heavy (non-hydrogen) atoms. The first-order valence-electron chi connectivity index (χ1n) is 7.16. The molecule has 2 rings (SSSR count). The summed E-state index contributed by atoms with van der Waals surface area (Å²) in [5, 5.41) is 17.8. The van der Waals surface area contributed by atoms with Crippen molar-refractivity contribution in [2.24, 2.45) is 0 Å². The van der Waals surface area contributed by atoms with Gasteiger partial charge in [0.2, 0.25) is 5.91 Å². The maximum atomic E-state index is 12.0. The van der Waals surface area contributed by atoms with Crippen LogP contribution < -0.4 is 5.32 Å². The van der Waals surface area contributed by atoms with E-state index in [0.29, 0.717) is 11.4 Å². The first kappa shape index (κ1) is 16.4. The molecule has 1 amide bonds. The third-order valence-corrected chi connectivity index (χ3v) is 3.11. The third kappa shape index (κ3) is 4.26. The van der Waals surface area contributed by atoms with Crippen LogP contribution in [0.3, 0.4) is 0 Å². The van der Waals surface area contributed by atoms with Crippen LogP contribution in [-0.2, 0) is 4.79 Å². The summed E-state index contributed by atoms with van der Waals surface area (Å²) >= 11 is 0. The van der Waals surface area contributed by atoms with E-state index in [2.05, 4.69) is 10.4 Å². The average molecular weight is 314 g/mol. The Balaban J connectivity index is 2.10. The maximum Gasteiger partial charge on any atom is 0.270 e. The Morgan fingerprint density at radius 1 is 1.39 bits per heavy atom. The van der Waals surface area contributed by atoms with Gasteiger partial charge in [-0.05, 0) is 32.4 Å². The lowest BCUT2D eigenvalue weighted by molar-refractivity contribution is -0.384. The summed E-state index contributed by atoms with van der Waals surface area (Å²) in [6, 6.07) is 8.00. The van der Waals surface area contributed by atoms with Gasteiger partial charge in [0.1, 0.15) is 5.82 Å². The van der Waals surface area contributed by atoms with E-state index < -0.39 is 4.92 Å². The highest BCUT2D eigenvalue weighted by atomic mass is 16.6. The van der Waals surface area contributed by atoms with E-state index in [1.807, 2.05) is 20.8 Å². The van der Waals surface area contributed by atoms with Crippen molar-refractivity contribution in [3.63, 3.8) is 0 Å². The summed E-state index contributed by atoms with van der Waals surface area (Å²) in [5.41, 5.74) is 1.39. The Morgan fingerprint density at radius 2 is 2.13 bits per heavy atom. The number of carbonyl (C=O) groups excluding carboxylic acids is 1. The van der Waals surface area contributed by atoms with Gasteiger partial charge in [0, 0.05) is 30.3 Å². The minimum atomic E-state index is -0.471. The lowest BCUT2D eigenvalue weighted by Crippen LogP contribution is -2.14. The number of aryl methyl sites for hydroxylation is 1. The molecule has 0 saturated carbocycles. The highest BCUT2D eigenvalue weighted by Crippen LogP contribution is 2.17. The molecule has 0 aliphatic carbocycles. The first-order chi connectivity index (χ1) is 10.9. The van der Waals surface area contributed by atoms with E-state index in [9.17, 15) is 14.9 Å². The molecule has 2 aromatic rings. The number of hydrogen-bond donors (Lipinski definition) is 1. The number of amides is 1. The van der Waals surface area contributed by atoms with Crippen molar-refractivity contribution in [1.82, 2.24) is 9.78 Å². The Labute approximate surface area is 133 Å². The van der Waals surface area contributed by atoms with Gasteiger partial charge in [-0.15, -0.1) is 0 Å². The number of nitro groups is 1. The summed E-state index contributed by atoms with van der Waals surface area (Å²) in [6.07, 6.45) is 2.87. The number of nitro benzene ring substituents is 1. The number of nitrogens with zero attached hydrogens (tertiary/aromatic N) is 3. The van der Waals surface area contributed by atoms with Crippen molar-refractivity contribution in [2.75, 3.05) is 5.32 Å². The number of aromatic nitrogens is 2. The number of benzene rings is 1. The molecule has 7 nitrogen and oxygen atoms in total. The molecule has 7 heteroatoms. The molecule has 0 aliphatic heterocycles. The van der Waals surface area contributed by atoms with Gasteiger partial charge in [0.15, 0.2) is 0 Å². The summed E-state index contributed by atoms with van der Waals surface area (Å²) < 4.78 is 1.73. The second-order valence-corrected chi connectivity index (χ2v) is 5.38. The molecule has 120 valence electrons. The fourth-order valence-corrected chi connectivity index (χ4v) is 2.09. The predicted molar refractivity (Wildman–Crippen MR) is 88.1 cm³/mol. The van der Waals surface area contributed by atoms with Crippen LogP contribution in [0.1, 0.15) is 31.1 Å². The molecular weight excluding hydrogens is 296 g/mol. The Kier molecular flexibility index (Phi) is 4.90. The standard InChI is InChI=1S/C16H18N4O3/c1-11(2)19-15(9-12(3)18-19)17-16(21)8-7-13-5-4-6-14(10-13)20(22)23/h4-11H,1-3H3,(H,17,21)/b8-7+.